The molecule has 3 rings (SSSR count). The highest BCUT2D eigenvalue weighted by Crippen LogP contribution is 2.49. The van der Waals surface area contributed by atoms with Crippen molar-refractivity contribution in [3.63, 3.8) is 0 Å². The molecule has 0 spiro atoms. The molecule has 0 bridgehead atoms. The maximum Gasteiger partial charge on any atom is 0.335 e. The summed E-state index contributed by atoms with van der Waals surface area (Å²) in [6.45, 7) is 6.50. The van der Waals surface area contributed by atoms with Gasteiger partial charge in [-0.2, -0.15) is 0 Å². The van der Waals surface area contributed by atoms with Crippen molar-refractivity contribution in [1.82, 2.24) is 4.90 Å². The Labute approximate surface area is 234 Å². The first-order valence-corrected chi connectivity index (χ1v) is 13.4. The molecule has 1 aliphatic rings. The fraction of sp³-hybridized carbons (Fsp3) is 0.467. The summed E-state index contributed by atoms with van der Waals surface area (Å²) in [5, 5.41) is 0. The van der Waals surface area contributed by atoms with E-state index in [0.717, 1.165) is 5.56 Å². The number of likely N-dealkylation sites (tertiary alicyclic amines) is 1. The average Bonchev–Trinajstić information content (AvgIpc) is 2.96. The van der Waals surface area contributed by atoms with Crippen molar-refractivity contribution in [2.75, 3.05) is 26.9 Å². The van der Waals surface area contributed by atoms with Crippen LogP contribution in [0.2, 0.25) is 0 Å². The largest absolute Gasteiger partial charge is 0.497 e. The number of carbonyl (C=O) groups is 4. The van der Waals surface area contributed by atoms with Crippen LogP contribution in [0.25, 0.3) is 0 Å². The maximum atomic E-state index is 13.9. The number of benzene rings is 2. The zero-order chi connectivity index (χ0) is 29.3. The van der Waals surface area contributed by atoms with Crippen molar-refractivity contribution >= 4 is 23.8 Å². The summed E-state index contributed by atoms with van der Waals surface area (Å²) >= 11 is 0. The van der Waals surface area contributed by atoms with Crippen molar-refractivity contribution in [3.05, 3.63) is 65.7 Å². The van der Waals surface area contributed by atoms with E-state index in [-0.39, 0.29) is 33.0 Å². The molecular formula is C30H37NO9. The minimum atomic E-state index is -1.83. The molecular weight excluding hydrogens is 518 g/mol. The van der Waals surface area contributed by atoms with E-state index in [4.69, 9.17) is 23.7 Å². The molecule has 2 aromatic carbocycles. The van der Waals surface area contributed by atoms with Crippen LogP contribution in [0.5, 0.6) is 5.75 Å². The molecule has 1 amide bonds. The molecule has 10 heteroatoms. The van der Waals surface area contributed by atoms with E-state index in [9.17, 15) is 19.2 Å². The molecule has 1 fully saturated rings. The van der Waals surface area contributed by atoms with Crippen molar-refractivity contribution in [1.29, 1.82) is 0 Å². The van der Waals surface area contributed by atoms with E-state index >= 15 is 0 Å². The molecule has 216 valence electrons. The van der Waals surface area contributed by atoms with E-state index < -0.39 is 47.3 Å². The van der Waals surface area contributed by atoms with Crippen molar-refractivity contribution < 1.29 is 42.9 Å². The third kappa shape index (κ3) is 6.12. The number of ether oxygens (including phenoxy) is 5. The summed E-state index contributed by atoms with van der Waals surface area (Å²) in [4.78, 5) is 55.4. The van der Waals surface area contributed by atoms with E-state index in [2.05, 4.69) is 0 Å². The van der Waals surface area contributed by atoms with Gasteiger partial charge in [0.15, 0.2) is 11.5 Å². The lowest BCUT2D eigenvalue weighted by molar-refractivity contribution is -0.222. The summed E-state index contributed by atoms with van der Waals surface area (Å²) in [7, 11) is 1.54. The Morgan fingerprint density at radius 2 is 1.43 bits per heavy atom. The third-order valence-electron chi connectivity index (χ3n) is 6.93. The topological polar surface area (TPSA) is 118 Å². The number of amides is 1. The molecule has 0 radical (unpaired) electrons. The van der Waals surface area contributed by atoms with Crippen LogP contribution in [0, 0.1) is 11.8 Å². The normalized spacial score (nSPS) is 19.0. The molecule has 0 unspecified atom stereocenters. The Morgan fingerprint density at radius 1 is 0.850 bits per heavy atom. The predicted molar refractivity (Wildman–Crippen MR) is 144 cm³/mol. The Hall–Kier alpha value is -3.92. The zero-order valence-electron chi connectivity index (χ0n) is 23.6. The highest BCUT2D eigenvalue weighted by atomic mass is 16.6. The van der Waals surface area contributed by atoms with E-state index in [1.807, 2.05) is 30.3 Å². The fourth-order valence-corrected chi connectivity index (χ4v) is 5.04. The second kappa shape index (κ2) is 13.9. The Kier molecular flexibility index (Phi) is 10.7. The maximum absolute atomic E-state index is 13.9. The Morgan fingerprint density at radius 3 is 1.95 bits per heavy atom. The number of hydrogen-bond acceptors (Lipinski definition) is 9. The van der Waals surface area contributed by atoms with E-state index in [1.165, 1.54) is 4.90 Å². The lowest BCUT2D eigenvalue weighted by Crippen LogP contribution is -2.81. The summed E-state index contributed by atoms with van der Waals surface area (Å²) < 4.78 is 27.3. The minimum Gasteiger partial charge on any atom is -0.497 e. The lowest BCUT2D eigenvalue weighted by Gasteiger charge is -2.58. The summed E-state index contributed by atoms with van der Waals surface area (Å²) in [5.41, 5.74) is -0.295. The van der Waals surface area contributed by atoms with Gasteiger partial charge in [0.25, 0.3) is 0 Å². The molecule has 1 aliphatic heterocycles. The van der Waals surface area contributed by atoms with Crippen LogP contribution in [0.4, 0.5) is 0 Å². The molecule has 0 aromatic heterocycles. The number of β-lactam (4-membered cyclic amide) rings is 1. The Bertz CT molecular complexity index is 1150. The van der Waals surface area contributed by atoms with Crippen LogP contribution in [-0.2, 0) is 51.3 Å². The molecule has 1 saturated heterocycles. The van der Waals surface area contributed by atoms with Crippen molar-refractivity contribution in [3.8, 4) is 5.75 Å². The highest BCUT2D eigenvalue weighted by molar-refractivity contribution is 6.09. The van der Waals surface area contributed by atoms with Gasteiger partial charge in [-0.3, -0.25) is 14.4 Å². The first kappa shape index (κ1) is 30.6. The van der Waals surface area contributed by atoms with Crippen LogP contribution in [-0.4, -0.2) is 67.3 Å². The number of rotatable bonds is 14. The quantitative estimate of drug-likeness (QED) is 0.150. The molecule has 10 nitrogen and oxygen atoms in total. The number of carbonyl (C=O) groups excluding carboxylic acids is 4. The van der Waals surface area contributed by atoms with E-state index in [1.54, 1.807) is 59.1 Å². The van der Waals surface area contributed by atoms with Gasteiger partial charge >= 0.3 is 17.9 Å². The van der Waals surface area contributed by atoms with Gasteiger partial charge in [0.2, 0.25) is 5.91 Å². The zero-order valence-corrected chi connectivity index (χ0v) is 23.6. The highest BCUT2D eigenvalue weighted by Gasteiger charge is 2.73. The fourth-order valence-electron chi connectivity index (χ4n) is 5.04. The van der Waals surface area contributed by atoms with Gasteiger partial charge in [0.05, 0.1) is 45.6 Å². The van der Waals surface area contributed by atoms with Gasteiger partial charge in [0.1, 0.15) is 5.75 Å². The van der Waals surface area contributed by atoms with Gasteiger partial charge in [-0.15, -0.1) is 0 Å². The number of nitrogens with zero attached hydrogens (tertiary/aromatic N) is 1. The van der Waals surface area contributed by atoms with Crippen LogP contribution in [0.15, 0.2) is 54.6 Å². The monoisotopic (exact) mass is 555 g/mol. The van der Waals surface area contributed by atoms with Gasteiger partial charge < -0.3 is 28.6 Å². The number of esters is 3. The number of hydrogen-bond donors (Lipinski definition) is 0. The van der Waals surface area contributed by atoms with Gasteiger partial charge in [-0.05, 0) is 51.0 Å². The first-order chi connectivity index (χ1) is 19.3. The van der Waals surface area contributed by atoms with Gasteiger partial charge in [-0.1, -0.05) is 42.5 Å². The van der Waals surface area contributed by atoms with Crippen molar-refractivity contribution in [2.24, 2.45) is 11.8 Å². The van der Waals surface area contributed by atoms with Crippen LogP contribution in [0.3, 0.4) is 0 Å². The predicted octanol–water partition coefficient (Wildman–Crippen LogP) is 3.30. The molecule has 0 N–H and O–H groups in total. The van der Waals surface area contributed by atoms with Crippen LogP contribution >= 0.6 is 0 Å². The molecule has 0 saturated carbocycles. The van der Waals surface area contributed by atoms with E-state index in [0.29, 0.717) is 11.3 Å². The molecule has 2 aromatic rings. The molecule has 1 heterocycles. The van der Waals surface area contributed by atoms with Gasteiger partial charge in [0, 0.05) is 6.54 Å². The average molecular weight is 556 g/mol. The molecule has 0 aliphatic carbocycles. The van der Waals surface area contributed by atoms with Crippen LogP contribution < -0.4 is 4.74 Å². The lowest BCUT2D eigenvalue weighted by atomic mass is 9.63. The van der Waals surface area contributed by atoms with Crippen molar-refractivity contribution in [2.45, 2.75) is 52.5 Å². The smallest absolute Gasteiger partial charge is 0.335 e. The standard InChI is InChI=1S/C30H37NO9/c1-6-37-27(33)24(28(34)38-7-2)25-26(32)31(18-21-14-16-23(36-5)17-15-21)30(25,29(35)39-8-3)20(4)40-19-22-12-10-9-11-13-22/h9-17,20,24-25H,6-8,18-19H2,1-5H3/t20-,25-,30+/m1/s1. The second-order valence-corrected chi connectivity index (χ2v) is 9.22. The minimum absolute atomic E-state index is 0.00441. The third-order valence-corrected chi connectivity index (χ3v) is 6.93. The molecule has 3 atom stereocenters. The second-order valence-electron chi connectivity index (χ2n) is 9.22. The summed E-state index contributed by atoms with van der Waals surface area (Å²) in [6, 6.07) is 16.3. The first-order valence-electron chi connectivity index (χ1n) is 13.4. The van der Waals surface area contributed by atoms with Crippen LogP contribution in [0.1, 0.15) is 38.8 Å². The summed E-state index contributed by atoms with van der Waals surface area (Å²) in [5.74, 6) is -5.81. The number of methoxy groups -OCH3 is 1. The summed E-state index contributed by atoms with van der Waals surface area (Å²) in [6.07, 6.45) is -0.987. The van der Waals surface area contributed by atoms with Gasteiger partial charge in [-0.25, -0.2) is 4.79 Å². The molecule has 40 heavy (non-hydrogen) atoms. The Balaban J connectivity index is 2.12. The SMILES string of the molecule is CCOC(=O)C(C(=O)OCC)[C@@H]1C(=O)N(Cc2ccc(OC)cc2)[C@@]1(C(=O)OCC)[C@@H](C)OCc1ccccc1.